The fraction of sp³-hybridized carbons (Fsp3) is 0.208. The van der Waals surface area contributed by atoms with Gasteiger partial charge in [-0.15, -0.1) is 11.3 Å². The van der Waals surface area contributed by atoms with Crippen LogP contribution in [0.15, 0.2) is 60.8 Å². The Balaban J connectivity index is 1.63. The normalized spacial score (nSPS) is 14.2. The summed E-state index contributed by atoms with van der Waals surface area (Å²) in [6.07, 6.45) is 2.13. The minimum absolute atomic E-state index is 0.0147. The van der Waals surface area contributed by atoms with E-state index >= 15 is 0 Å². The van der Waals surface area contributed by atoms with E-state index in [1.54, 1.807) is 11.3 Å². The first-order valence-electron chi connectivity index (χ1n) is 9.30. The van der Waals surface area contributed by atoms with Gasteiger partial charge in [0.25, 0.3) is 0 Å². The summed E-state index contributed by atoms with van der Waals surface area (Å²) in [5, 5.41) is 0. The molecule has 0 radical (unpaired) electrons. The van der Waals surface area contributed by atoms with Crippen molar-refractivity contribution in [3.63, 3.8) is 0 Å². The minimum atomic E-state index is 0.0147. The molecule has 1 aliphatic carbocycles. The van der Waals surface area contributed by atoms with Crippen LogP contribution in [0, 0.1) is 6.92 Å². The van der Waals surface area contributed by atoms with Crippen molar-refractivity contribution in [2.24, 2.45) is 7.05 Å². The molecular weight excluding hydrogens is 348 g/mol. The lowest BCUT2D eigenvalue weighted by Crippen LogP contribution is -2.15. The smallest absolute Gasteiger partial charge is 0.140 e. The van der Waals surface area contributed by atoms with Gasteiger partial charge in [0.05, 0.1) is 10.6 Å². The summed E-state index contributed by atoms with van der Waals surface area (Å²) in [5.74, 6) is 1.02. The molecule has 0 bridgehead atoms. The summed E-state index contributed by atoms with van der Waals surface area (Å²) in [4.78, 5) is 7.50. The Morgan fingerprint density at radius 2 is 1.70 bits per heavy atom. The lowest BCUT2D eigenvalue weighted by atomic mass is 9.82. The number of aromatic nitrogens is 2. The van der Waals surface area contributed by atoms with Gasteiger partial charge in [0.2, 0.25) is 0 Å². The van der Waals surface area contributed by atoms with Gasteiger partial charge in [-0.3, -0.25) is 0 Å². The Morgan fingerprint density at radius 1 is 0.926 bits per heavy atom. The molecule has 27 heavy (non-hydrogen) atoms. The summed E-state index contributed by atoms with van der Waals surface area (Å²) >= 11 is 1.79. The fourth-order valence-corrected chi connectivity index (χ4v) is 5.09. The van der Waals surface area contributed by atoms with E-state index in [1.165, 1.54) is 37.6 Å². The fourth-order valence-electron chi connectivity index (χ4n) is 4.27. The Bertz CT molecular complexity index is 1180. The Morgan fingerprint density at radius 3 is 2.48 bits per heavy atom. The SMILES string of the molecule is Cc1ccc(-c2cn(C)c(-c3ccc4c(c3)C(C)(C)c3ccccc3-4)n2)s1. The maximum Gasteiger partial charge on any atom is 0.140 e. The van der Waals surface area contributed by atoms with Crippen LogP contribution in [-0.4, -0.2) is 9.55 Å². The summed E-state index contributed by atoms with van der Waals surface area (Å²) in [6, 6.07) is 19.9. The van der Waals surface area contributed by atoms with Crippen molar-refractivity contribution in [1.29, 1.82) is 0 Å². The van der Waals surface area contributed by atoms with Crippen LogP contribution < -0.4 is 0 Å². The third-order valence-corrected chi connectivity index (χ3v) is 6.73. The number of nitrogens with zero attached hydrogens (tertiary/aromatic N) is 2. The molecule has 0 atom stereocenters. The number of benzene rings is 2. The molecule has 2 heterocycles. The number of thiophene rings is 1. The third kappa shape index (κ3) is 2.42. The van der Waals surface area contributed by atoms with Crippen LogP contribution in [0.3, 0.4) is 0 Å². The molecule has 0 N–H and O–H groups in total. The van der Waals surface area contributed by atoms with Gasteiger partial charge in [0.15, 0.2) is 0 Å². The Hall–Kier alpha value is -2.65. The predicted octanol–water partition coefficient (Wildman–Crippen LogP) is 6.43. The second kappa shape index (κ2) is 5.67. The molecule has 2 aromatic heterocycles. The van der Waals surface area contributed by atoms with E-state index in [1.807, 2.05) is 0 Å². The Labute approximate surface area is 164 Å². The predicted molar refractivity (Wildman–Crippen MR) is 114 cm³/mol. The van der Waals surface area contributed by atoms with Gasteiger partial charge in [0.1, 0.15) is 5.82 Å². The maximum absolute atomic E-state index is 4.96. The van der Waals surface area contributed by atoms with Crippen molar-refractivity contribution < 1.29 is 0 Å². The van der Waals surface area contributed by atoms with Crippen LogP contribution in [0.4, 0.5) is 0 Å². The van der Waals surface area contributed by atoms with Gasteiger partial charge in [-0.2, -0.15) is 0 Å². The average Bonchev–Trinajstić information content (AvgIpc) is 3.32. The van der Waals surface area contributed by atoms with E-state index in [2.05, 4.69) is 93.2 Å². The van der Waals surface area contributed by atoms with E-state index in [0.29, 0.717) is 0 Å². The van der Waals surface area contributed by atoms with Crippen molar-refractivity contribution in [2.75, 3.05) is 0 Å². The topological polar surface area (TPSA) is 17.8 Å². The van der Waals surface area contributed by atoms with E-state index in [-0.39, 0.29) is 5.41 Å². The zero-order valence-electron chi connectivity index (χ0n) is 16.1. The van der Waals surface area contributed by atoms with Gasteiger partial charge in [0, 0.05) is 29.1 Å². The van der Waals surface area contributed by atoms with Crippen molar-refractivity contribution in [2.45, 2.75) is 26.2 Å². The molecule has 2 nitrogen and oxygen atoms in total. The maximum atomic E-state index is 4.96. The lowest BCUT2D eigenvalue weighted by Gasteiger charge is -2.21. The van der Waals surface area contributed by atoms with Gasteiger partial charge < -0.3 is 4.57 Å². The highest BCUT2D eigenvalue weighted by atomic mass is 32.1. The minimum Gasteiger partial charge on any atom is -0.333 e. The van der Waals surface area contributed by atoms with E-state index in [9.17, 15) is 0 Å². The molecule has 0 fully saturated rings. The number of hydrogen-bond donors (Lipinski definition) is 0. The molecule has 0 spiro atoms. The molecule has 0 aliphatic heterocycles. The highest BCUT2D eigenvalue weighted by molar-refractivity contribution is 7.15. The molecule has 0 saturated heterocycles. The molecule has 0 amide bonds. The van der Waals surface area contributed by atoms with Crippen LogP contribution in [-0.2, 0) is 12.5 Å². The first-order valence-corrected chi connectivity index (χ1v) is 10.1. The monoisotopic (exact) mass is 370 g/mol. The van der Waals surface area contributed by atoms with Crippen LogP contribution in [0.25, 0.3) is 33.1 Å². The van der Waals surface area contributed by atoms with Crippen molar-refractivity contribution in [3.05, 3.63) is 76.8 Å². The van der Waals surface area contributed by atoms with Crippen molar-refractivity contribution >= 4 is 11.3 Å². The number of rotatable bonds is 2. The molecule has 0 saturated carbocycles. The van der Waals surface area contributed by atoms with Gasteiger partial charge >= 0.3 is 0 Å². The van der Waals surface area contributed by atoms with Crippen molar-refractivity contribution in [3.8, 4) is 33.1 Å². The summed E-state index contributed by atoms with van der Waals surface area (Å²) in [7, 11) is 2.08. The molecule has 134 valence electrons. The standard InChI is InChI=1S/C24H22N2S/c1-15-9-12-22(27-15)21-14-26(4)23(25-21)16-10-11-18-17-7-5-6-8-19(17)24(2,3)20(18)13-16/h5-14H,1-4H3. The zero-order valence-corrected chi connectivity index (χ0v) is 16.9. The molecule has 4 aromatic rings. The van der Waals surface area contributed by atoms with Gasteiger partial charge in [-0.05, 0) is 47.4 Å². The molecule has 2 aromatic carbocycles. The molecule has 5 rings (SSSR count). The van der Waals surface area contributed by atoms with Crippen LogP contribution >= 0.6 is 11.3 Å². The van der Waals surface area contributed by atoms with Crippen LogP contribution in [0.2, 0.25) is 0 Å². The number of imidazole rings is 1. The van der Waals surface area contributed by atoms with Crippen molar-refractivity contribution in [1.82, 2.24) is 9.55 Å². The first kappa shape index (κ1) is 16.5. The zero-order chi connectivity index (χ0) is 18.8. The summed E-state index contributed by atoms with van der Waals surface area (Å²) in [6.45, 7) is 6.78. The Kier molecular flexibility index (Phi) is 3.47. The quantitative estimate of drug-likeness (QED) is 0.397. The summed E-state index contributed by atoms with van der Waals surface area (Å²) < 4.78 is 2.14. The second-order valence-electron chi connectivity index (χ2n) is 7.90. The van der Waals surface area contributed by atoms with E-state index < -0.39 is 0 Å². The number of hydrogen-bond acceptors (Lipinski definition) is 2. The third-order valence-electron chi connectivity index (χ3n) is 5.71. The lowest BCUT2D eigenvalue weighted by molar-refractivity contribution is 0.660. The van der Waals surface area contributed by atoms with Crippen LogP contribution in [0.5, 0.6) is 0 Å². The number of fused-ring (bicyclic) bond motifs is 3. The summed E-state index contributed by atoms with van der Waals surface area (Å²) in [5.41, 5.74) is 7.75. The van der Waals surface area contributed by atoms with E-state index in [0.717, 1.165) is 11.5 Å². The molecular formula is C24H22N2S. The van der Waals surface area contributed by atoms with E-state index in [4.69, 9.17) is 4.98 Å². The molecule has 3 heteroatoms. The van der Waals surface area contributed by atoms with Gasteiger partial charge in [-0.1, -0.05) is 50.2 Å². The highest BCUT2D eigenvalue weighted by Crippen LogP contribution is 2.49. The average molecular weight is 371 g/mol. The molecule has 0 unspecified atom stereocenters. The second-order valence-corrected chi connectivity index (χ2v) is 9.19. The van der Waals surface area contributed by atoms with Crippen LogP contribution in [0.1, 0.15) is 29.9 Å². The first-order chi connectivity index (χ1) is 12.9. The highest BCUT2D eigenvalue weighted by Gasteiger charge is 2.35. The number of aryl methyl sites for hydroxylation is 2. The largest absolute Gasteiger partial charge is 0.333 e. The van der Waals surface area contributed by atoms with Gasteiger partial charge in [-0.25, -0.2) is 4.98 Å². The molecule has 1 aliphatic rings.